The quantitative estimate of drug-likeness (QED) is 0.488. The standard InChI is InChI=1S/C13H20N2O2/c1-5-10-8-6-7-9-11(10)15(14)12(16)17-13(2,3)4/h6-9H,5,14H2,1-4H3. The van der Waals surface area contributed by atoms with Crippen LogP contribution in [0.15, 0.2) is 24.3 Å². The first-order chi connectivity index (χ1) is 7.85. The maximum absolute atomic E-state index is 11.8. The highest BCUT2D eigenvalue weighted by Crippen LogP contribution is 2.20. The van der Waals surface area contributed by atoms with Crippen molar-refractivity contribution < 1.29 is 9.53 Å². The van der Waals surface area contributed by atoms with Gasteiger partial charge in [-0.15, -0.1) is 0 Å². The molecule has 0 heterocycles. The first kappa shape index (κ1) is 13.5. The third-order valence-electron chi connectivity index (χ3n) is 2.22. The lowest BCUT2D eigenvalue weighted by Crippen LogP contribution is -2.42. The van der Waals surface area contributed by atoms with E-state index in [1.54, 1.807) is 0 Å². The number of carbonyl (C=O) groups is 1. The predicted molar refractivity (Wildman–Crippen MR) is 68.7 cm³/mol. The fraction of sp³-hybridized carbons (Fsp3) is 0.462. The zero-order valence-corrected chi connectivity index (χ0v) is 10.9. The van der Waals surface area contributed by atoms with Crippen LogP contribution in [-0.2, 0) is 11.2 Å². The number of amides is 1. The van der Waals surface area contributed by atoms with Crippen molar-refractivity contribution in [3.8, 4) is 0 Å². The lowest BCUT2D eigenvalue weighted by Gasteiger charge is -2.25. The Balaban J connectivity index is 2.89. The normalized spacial score (nSPS) is 11.1. The average Bonchev–Trinajstić information content (AvgIpc) is 2.25. The molecule has 0 spiro atoms. The molecule has 0 unspecified atom stereocenters. The highest BCUT2D eigenvalue weighted by Gasteiger charge is 2.22. The van der Waals surface area contributed by atoms with E-state index in [0.717, 1.165) is 17.0 Å². The van der Waals surface area contributed by atoms with Crippen LogP contribution in [-0.4, -0.2) is 11.7 Å². The highest BCUT2D eigenvalue weighted by atomic mass is 16.6. The summed E-state index contributed by atoms with van der Waals surface area (Å²) < 4.78 is 5.22. The van der Waals surface area contributed by atoms with E-state index in [-0.39, 0.29) is 0 Å². The zero-order chi connectivity index (χ0) is 13.1. The van der Waals surface area contributed by atoms with Crippen LogP contribution in [0.4, 0.5) is 10.5 Å². The molecule has 1 rings (SSSR count). The van der Waals surface area contributed by atoms with Crippen LogP contribution in [0.5, 0.6) is 0 Å². The van der Waals surface area contributed by atoms with E-state index in [4.69, 9.17) is 10.6 Å². The Morgan fingerprint density at radius 1 is 1.35 bits per heavy atom. The molecule has 4 nitrogen and oxygen atoms in total. The molecule has 1 aromatic carbocycles. The van der Waals surface area contributed by atoms with Gasteiger partial charge < -0.3 is 4.74 Å². The second-order valence-electron chi connectivity index (χ2n) is 4.83. The van der Waals surface area contributed by atoms with Crippen molar-refractivity contribution in [2.24, 2.45) is 5.84 Å². The molecule has 0 saturated carbocycles. The average molecular weight is 236 g/mol. The van der Waals surface area contributed by atoms with E-state index in [1.807, 2.05) is 52.0 Å². The molecule has 0 aliphatic heterocycles. The monoisotopic (exact) mass is 236 g/mol. The molecule has 1 aromatic rings. The molecule has 0 aliphatic rings. The number of aryl methyl sites for hydroxylation is 1. The summed E-state index contributed by atoms with van der Waals surface area (Å²) in [5.41, 5.74) is 1.15. The van der Waals surface area contributed by atoms with E-state index in [2.05, 4.69) is 0 Å². The minimum absolute atomic E-state index is 0.543. The molecule has 4 heteroatoms. The number of nitrogens with two attached hydrogens (primary N) is 1. The Hall–Kier alpha value is -1.55. The molecule has 2 N–H and O–H groups in total. The molecule has 0 aliphatic carbocycles. The summed E-state index contributed by atoms with van der Waals surface area (Å²) in [6.45, 7) is 7.45. The smallest absolute Gasteiger partial charge is 0.429 e. The first-order valence-electron chi connectivity index (χ1n) is 5.71. The summed E-state index contributed by atoms with van der Waals surface area (Å²) in [7, 11) is 0. The molecular weight excluding hydrogens is 216 g/mol. The first-order valence-corrected chi connectivity index (χ1v) is 5.71. The number of ether oxygens (including phenoxy) is 1. The van der Waals surface area contributed by atoms with E-state index in [0.29, 0.717) is 5.69 Å². The molecule has 0 aromatic heterocycles. The molecule has 1 amide bonds. The molecule has 17 heavy (non-hydrogen) atoms. The van der Waals surface area contributed by atoms with Gasteiger partial charge in [0.2, 0.25) is 0 Å². The summed E-state index contributed by atoms with van der Waals surface area (Å²) in [5.74, 6) is 5.78. The van der Waals surface area contributed by atoms with Gasteiger partial charge in [-0.1, -0.05) is 25.1 Å². The SMILES string of the molecule is CCc1ccccc1N(N)C(=O)OC(C)(C)C. The third-order valence-corrected chi connectivity index (χ3v) is 2.22. The summed E-state index contributed by atoms with van der Waals surface area (Å²) in [5, 5.41) is 1.06. The van der Waals surface area contributed by atoms with Crippen LogP contribution in [0.25, 0.3) is 0 Å². The lowest BCUT2D eigenvalue weighted by atomic mass is 10.1. The van der Waals surface area contributed by atoms with Crippen molar-refractivity contribution in [3.63, 3.8) is 0 Å². The van der Waals surface area contributed by atoms with Crippen molar-refractivity contribution in [3.05, 3.63) is 29.8 Å². The molecule has 0 saturated heterocycles. The largest absolute Gasteiger partial charge is 0.442 e. The van der Waals surface area contributed by atoms with Gasteiger partial charge in [0, 0.05) is 0 Å². The molecule has 94 valence electrons. The minimum atomic E-state index is -0.546. The Morgan fingerprint density at radius 3 is 2.47 bits per heavy atom. The van der Waals surface area contributed by atoms with Gasteiger partial charge >= 0.3 is 6.09 Å². The fourth-order valence-corrected chi connectivity index (χ4v) is 1.45. The van der Waals surface area contributed by atoms with Crippen LogP contribution < -0.4 is 10.9 Å². The van der Waals surface area contributed by atoms with Crippen LogP contribution >= 0.6 is 0 Å². The number of anilines is 1. The Kier molecular flexibility index (Phi) is 4.12. The van der Waals surface area contributed by atoms with Gasteiger partial charge in [0.1, 0.15) is 5.60 Å². The molecule has 0 radical (unpaired) electrons. The van der Waals surface area contributed by atoms with Crippen molar-refractivity contribution in [2.75, 3.05) is 5.01 Å². The predicted octanol–water partition coefficient (Wildman–Crippen LogP) is 2.86. The number of hydrogen-bond acceptors (Lipinski definition) is 3. The second-order valence-corrected chi connectivity index (χ2v) is 4.83. The minimum Gasteiger partial charge on any atom is -0.442 e. The maximum Gasteiger partial charge on any atom is 0.429 e. The van der Waals surface area contributed by atoms with Crippen molar-refractivity contribution in [1.29, 1.82) is 0 Å². The van der Waals surface area contributed by atoms with Gasteiger partial charge in [-0.25, -0.2) is 15.6 Å². The lowest BCUT2D eigenvalue weighted by molar-refractivity contribution is 0.0580. The number of nitrogens with zero attached hydrogens (tertiary/aromatic N) is 1. The number of para-hydroxylation sites is 1. The van der Waals surface area contributed by atoms with Gasteiger partial charge in [0.05, 0.1) is 5.69 Å². The molecular formula is C13H20N2O2. The van der Waals surface area contributed by atoms with Crippen LogP contribution in [0.2, 0.25) is 0 Å². The molecule has 0 atom stereocenters. The van der Waals surface area contributed by atoms with E-state index >= 15 is 0 Å². The van der Waals surface area contributed by atoms with Crippen molar-refractivity contribution >= 4 is 11.8 Å². The van der Waals surface area contributed by atoms with Crippen molar-refractivity contribution in [2.45, 2.75) is 39.7 Å². The molecule has 0 bridgehead atoms. The Labute approximate surface area is 102 Å². The fourth-order valence-electron chi connectivity index (χ4n) is 1.45. The topological polar surface area (TPSA) is 55.6 Å². The number of benzene rings is 1. The maximum atomic E-state index is 11.8. The molecule has 0 fully saturated rings. The highest BCUT2D eigenvalue weighted by molar-refractivity contribution is 5.87. The van der Waals surface area contributed by atoms with Crippen LogP contribution in [0.1, 0.15) is 33.3 Å². The van der Waals surface area contributed by atoms with Gasteiger partial charge in [0.15, 0.2) is 0 Å². The summed E-state index contributed by atoms with van der Waals surface area (Å²) in [4.78, 5) is 11.8. The van der Waals surface area contributed by atoms with E-state index < -0.39 is 11.7 Å². The summed E-state index contributed by atoms with van der Waals surface area (Å²) >= 11 is 0. The van der Waals surface area contributed by atoms with Crippen molar-refractivity contribution in [1.82, 2.24) is 0 Å². The summed E-state index contributed by atoms with van der Waals surface area (Å²) in [6.07, 6.45) is 0.269. The van der Waals surface area contributed by atoms with Gasteiger partial charge in [-0.05, 0) is 38.8 Å². The Morgan fingerprint density at radius 2 is 1.94 bits per heavy atom. The van der Waals surface area contributed by atoms with E-state index in [9.17, 15) is 4.79 Å². The Bertz CT molecular complexity index is 397. The third kappa shape index (κ3) is 3.75. The summed E-state index contributed by atoms with van der Waals surface area (Å²) in [6, 6.07) is 7.52. The number of hydrazine groups is 1. The number of carbonyl (C=O) groups excluding carboxylic acids is 1. The number of hydrogen-bond donors (Lipinski definition) is 1. The van der Waals surface area contributed by atoms with Gasteiger partial charge in [-0.2, -0.15) is 0 Å². The zero-order valence-electron chi connectivity index (χ0n) is 10.9. The number of rotatable bonds is 2. The van der Waals surface area contributed by atoms with Gasteiger partial charge in [-0.3, -0.25) is 0 Å². The second kappa shape index (κ2) is 5.19. The van der Waals surface area contributed by atoms with E-state index in [1.165, 1.54) is 0 Å². The van der Waals surface area contributed by atoms with Crippen LogP contribution in [0.3, 0.4) is 0 Å². The van der Waals surface area contributed by atoms with Gasteiger partial charge in [0.25, 0.3) is 0 Å². The van der Waals surface area contributed by atoms with Crippen LogP contribution in [0, 0.1) is 0 Å².